The fraction of sp³-hybridized carbons (Fsp3) is 0.333. The molecule has 0 aliphatic carbocycles. The first-order chi connectivity index (χ1) is 3.31. The number of hydrogen-bond donors (Lipinski definition) is 1. The summed E-state index contributed by atoms with van der Waals surface area (Å²) in [6, 6.07) is 0. The highest BCUT2D eigenvalue weighted by Gasteiger charge is 1.92. The number of rotatable bonds is 2. The monoisotopic (exact) mass is 103 g/mol. The summed E-state index contributed by atoms with van der Waals surface area (Å²) >= 11 is 0. The maximum Gasteiger partial charge on any atom is 0.327 e. The van der Waals surface area contributed by atoms with Crippen LogP contribution in [0.25, 0.3) is 0 Å². The highest BCUT2D eigenvalue weighted by Crippen LogP contribution is 1.63. The molecule has 0 bridgehead atoms. The van der Waals surface area contributed by atoms with E-state index in [4.69, 9.17) is 5.73 Å². The molecule has 0 heterocycles. The van der Waals surface area contributed by atoms with Crippen molar-refractivity contribution in [1.29, 1.82) is 0 Å². The zero-order valence-corrected chi connectivity index (χ0v) is 3.59. The minimum absolute atomic E-state index is 0.0508. The van der Waals surface area contributed by atoms with Gasteiger partial charge >= 0.3 is 12.4 Å². The largest absolute Gasteiger partial charge is 0.395 e. The molecule has 0 saturated carbocycles. The first-order valence-corrected chi connectivity index (χ1v) is 1.64. The number of nitrogens with two attached hydrogens (primary N) is 1. The summed E-state index contributed by atoms with van der Waals surface area (Å²) in [5, 5.41) is 0. The molecule has 0 amide bonds. The molecular formula is C3H5NO3. The van der Waals surface area contributed by atoms with Gasteiger partial charge in [0.2, 0.25) is 0 Å². The fourth-order valence-electron chi connectivity index (χ4n) is 0.102. The Morgan fingerprint density at radius 1 is 1.86 bits per heavy atom. The first kappa shape index (κ1) is 6.10. The lowest BCUT2D eigenvalue weighted by Crippen LogP contribution is -2.15. The van der Waals surface area contributed by atoms with Crippen LogP contribution in [-0.4, -0.2) is 19.0 Å². The molecule has 0 rings (SSSR count). The molecule has 40 valence electrons. The highest BCUT2D eigenvalue weighted by molar-refractivity contribution is 5.77. The van der Waals surface area contributed by atoms with Crippen LogP contribution in [0.15, 0.2) is 0 Å². The van der Waals surface area contributed by atoms with E-state index < -0.39 is 5.97 Å². The Balaban J connectivity index is 3.17. The minimum Gasteiger partial charge on any atom is -0.395 e. The average Bonchev–Trinajstić information content (AvgIpc) is 1.68. The van der Waals surface area contributed by atoms with Crippen LogP contribution in [0, 0.1) is 0 Å². The zero-order chi connectivity index (χ0) is 5.70. The van der Waals surface area contributed by atoms with Gasteiger partial charge in [-0.1, -0.05) is 0 Å². The van der Waals surface area contributed by atoms with Crippen molar-refractivity contribution in [2.45, 2.75) is 0 Å². The van der Waals surface area contributed by atoms with Crippen LogP contribution in [0.3, 0.4) is 0 Å². The van der Waals surface area contributed by atoms with Crippen molar-refractivity contribution < 1.29 is 14.3 Å². The smallest absolute Gasteiger partial charge is 0.327 e. The number of esters is 1. The topological polar surface area (TPSA) is 69.4 Å². The second-order valence-corrected chi connectivity index (χ2v) is 0.790. The lowest BCUT2D eigenvalue weighted by atomic mass is 10.7. The Hall–Kier alpha value is -0.900. The summed E-state index contributed by atoms with van der Waals surface area (Å²) in [6.45, 7) is -0.200. The van der Waals surface area contributed by atoms with Crippen LogP contribution in [0.4, 0.5) is 0 Å². The average molecular weight is 103 g/mol. The van der Waals surface area contributed by atoms with Gasteiger partial charge in [-0.15, -0.1) is 0 Å². The van der Waals surface area contributed by atoms with Gasteiger partial charge < -0.3 is 10.5 Å². The molecule has 0 fully saturated rings. The summed E-state index contributed by atoms with van der Waals surface area (Å²) in [5.41, 5.74) is 4.72. The molecule has 0 atom stereocenters. The molecule has 0 radical (unpaired) electrons. The molecule has 4 heteroatoms. The fourth-order valence-corrected chi connectivity index (χ4v) is 0.102. The van der Waals surface area contributed by atoms with Gasteiger partial charge in [0.05, 0.1) is 6.54 Å². The molecule has 0 aliphatic heterocycles. The number of carbonyl (C=O) groups excluding carboxylic acids is 2. The Bertz CT molecular complexity index is 80.2. The highest BCUT2D eigenvalue weighted by atomic mass is 16.6. The van der Waals surface area contributed by atoms with Gasteiger partial charge in [0, 0.05) is 0 Å². The van der Waals surface area contributed by atoms with Gasteiger partial charge in [0.1, 0.15) is 0 Å². The third kappa shape index (κ3) is 2.92. The van der Waals surface area contributed by atoms with Crippen molar-refractivity contribution in [3.05, 3.63) is 0 Å². The lowest BCUT2D eigenvalue weighted by Gasteiger charge is -1.85. The number of ether oxygens (including phenoxy) is 1. The Morgan fingerprint density at radius 2 is 2.43 bits per heavy atom. The van der Waals surface area contributed by atoms with Crippen LogP contribution >= 0.6 is 0 Å². The minimum atomic E-state index is -0.713. The van der Waals surface area contributed by atoms with Gasteiger partial charge in [-0.25, -0.2) is 0 Å². The van der Waals surface area contributed by atoms with Crippen LogP contribution in [-0.2, 0) is 14.3 Å². The third-order valence-electron chi connectivity index (χ3n) is 0.346. The Morgan fingerprint density at radius 3 is 2.57 bits per heavy atom. The summed E-state index contributed by atoms with van der Waals surface area (Å²) < 4.78 is 3.75. The quantitative estimate of drug-likeness (QED) is 0.266. The van der Waals surface area contributed by atoms with E-state index in [0.29, 0.717) is 0 Å². The van der Waals surface area contributed by atoms with Gasteiger partial charge in [-0.3, -0.25) is 9.59 Å². The standard InChI is InChI=1S/C3H5NO3/c4-1-3(6)7-2-5/h2H,1,4H2. The SMILES string of the molecule is NCC(=O)OC=O. The normalized spacial score (nSPS) is 7.57. The van der Waals surface area contributed by atoms with Gasteiger partial charge in [0.15, 0.2) is 0 Å². The van der Waals surface area contributed by atoms with Crippen LogP contribution in [0.1, 0.15) is 0 Å². The van der Waals surface area contributed by atoms with E-state index in [1.54, 1.807) is 0 Å². The van der Waals surface area contributed by atoms with Gasteiger partial charge in [-0.05, 0) is 0 Å². The zero-order valence-electron chi connectivity index (χ0n) is 3.59. The predicted molar refractivity (Wildman–Crippen MR) is 21.2 cm³/mol. The molecule has 2 N–H and O–H groups in total. The number of carbonyl (C=O) groups is 2. The van der Waals surface area contributed by atoms with Crippen molar-refractivity contribution >= 4 is 12.4 Å². The number of hydrogen-bond acceptors (Lipinski definition) is 4. The van der Waals surface area contributed by atoms with Gasteiger partial charge in [-0.2, -0.15) is 0 Å². The van der Waals surface area contributed by atoms with E-state index in [1.807, 2.05) is 0 Å². The van der Waals surface area contributed by atoms with E-state index in [2.05, 4.69) is 4.74 Å². The molecule has 0 aromatic heterocycles. The summed E-state index contributed by atoms with van der Waals surface area (Å²) in [5.74, 6) is -0.713. The second kappa shape index (κ2) is 3.30. The third-order valence-corrected chi connectivity index (χ3v) is 0.346. The maximum atomic E-state index is 9.83. The molecular weight excluding hydrogens is 98.0 g/mol. The molecule has 0 unspecified atom stereocenters. The van der Waals surface area contributed by atoms with Crippen molar-refractivity contribution in [2.75, 3.05) is 6.54 Å². The van der Waals surface area contributed by atoms with Crippen molar-refractivity contribution in [2.24, 2.45) is 5.73 Å². The molecule has 0 aromatic rings. The maximum absolute atomic E-state index is 9.83. The van der Waals surface area contributed by atoms with Crippen LogP contribution < -0.4 is 5.73 Å². The molecule has 0 aliphatic rings. The van der Waals surface area contributed by atoms with Crippen LogP contribution in [0.5, 0.6) is 0 Å². The predicted octanol–water partition coefficient (Wildman–Crippen LogP) is -1.36. The molecule has 4 nitrogen and oxygen atoms in total. The molecule has 0 saturated heterocycles. The molecule has 7 heavy (non-hydrogen) atoms. The van der Waals surface area contributed by atoms with Crippen LogP contribution in [0.2, 0.25) is 0 Å². The summed E-state index contributed by atoms with van der Waals surface area (Å²) in [4.78, 5) is 19.1. The summed E-state index contributed by atoms with van der Waals surface area (Å²) in [7, 11) is 0. The second-order valence-electron chi connectivity index (χ2n) is 0.790. The first-order valence-electron chi connectivity index (χ1n) is 1.64. The van der Waals surface area contributed by atoms with E-state index in [-0.39, 0.29) is 13.0 Å². The van der Waals surface area contributed by atoms with E-state index in [0.717, 1.165) is 0 Å². The lowest BCUT2D eigenvalue weighted by molar-refractivity contribution is -0.150. The van der Waals surface area contributed by atoms with Crippen molar-refractivity contribution in [3.8, 4) is 0 Å². The van der Waals surface area contributed by atoms with Crippen molar-refractivity contribution in [1.82, 2.24) is 0 Å². The Labute approximate surface area is 40.2 Å². The summed E-state index contributed by atoms with van der Waals surface area (Å²) in [6.07, 6.45) is 0. The van der Waals surface area contributed by atoms with Crippen molar-refractivity contribution in [3.63, 3.8) is 0 Å². The van der Waals surface area contributed by atoms with Gasteiger partial charge in [0.25, 0.3) is 0 Å². The van der Waals surface area contributed by atoms with E-state index >= 15 is 0 Å². The van der Waals surface area contributed by atoms with E-state index in [9.17, 15) is 9.59 Å². The molecule has 0 aromatic carbocycles. The Kier molecular flexibility index (Phi) is 2.87. The molecule has 0 spiro atoms. The van der Waals surface area contributed by atoms with E-state index in [1.165, 1.54) is 0 Å².